The van der Waals surface area contributed by atoms with Crippen LogP contribution in [0.3, 0.4) is 0 Å². The predicted molar refractivity (Wildman–Crippen MR) is 70.1 cm³/mol. The van der Waals surface area contributed by atoms with Gasteiger partial charge in [0.25, 0.3) is 0 Å². The number of aryl methyl sites for hydroxylation is 1. The topological polar surface area (TPSA) is 46.5 Å². The first-order valence-electron chi connectivity index (χ1n) is 5.30. The fourth-order valence-corrected chi connectivity index (χ4v) is 2.40. The molecule has 0 radical (unpaired) electrons. The van der Waals surface area contributed by atoms with Crippen LogP contribution in [-0.4, -0.2) is 26.0 Å². The highest BCUT2D eigenvalue weighted by atomic mass is 32.2. The normalized spacial score (nSPS) is 11.2. The van der Waals surface area contributed by atoms with Gasteiger partial charge in [0, 0.05) is 18.1 Å². The Kier molecular flexibility index (Phi) is 2.40. The van der Waals surface area contributed by atoms with Crippen molar-refractivity contribution in [3.05, 3.63) is 30.5 Å². The first-order valence-corrected chi connectivity index (χ1v) is 6.53. The molecule has 0 saturated heterocycles. The van der Waals surface area contributed by atoms with Crippen LogP contribution in [0.25, 0.3) is 22.6 Å². The van der Waals surface area contributed by atoms with Crippen LogP contribution in [-0.2, 0) is 7.05 Å². The molecule has 0 spiro atoms. The Balaban J connectivity index is 2.19. The zero-order valence-corrected chi connectivity index (χ0v) is 10.5. The number of rotatable bonds is 2. The summed E-state index contributed by atoms with van der Waals surface area (Å²) in [5, 5.41) is 4.35. The molecule has 86 valence electrons. The summed E-state index contributed by atoms with van der Waals surface area (Å²) in [7, 11) is 1.90. The van der Waals surface area contributed by atoms with Gasteiger partial charge in [-0.15, -0.1) is 11.8 Å². The average molecular weight is 244 g/mol. The first-order chi connectivity index (χ1) is 8.28. The van der Waals surface area contributed by atoms with Gasteiger partial charge in [-0.1, -0.05) is 6.07 Å². The van der Waals surface area contributed by atoms with E-state index in [1.54, 1.807) is 16.4 Å². The number of imidazole rings is 1. The summed E-state index contributed by atoms with van der Waals surface area (Å²) in [4.78, 5) is 9.10. The highest BCUT2D eigenvalue weighted by Crippen LogP contribution is 2.26. The van der Waals surface area contributed by atoms with Crippen LogP contribution < -0.4 is 0 Å². The van der Waals surface area contributed by atoms with Crippen molar-refractivity contribution in [2.45, 2.75) is 4.90 Å². The van der Waals surface area contributed by atoms with Gasteiger partial charge >= 0.3 is 0 Å². The monoisotopic (exact) mass is 244 g/mol. The summed E-state index contributed by atoms with van der Waals surface area (Å²) >= 11 is 1.70. The summed E-state index contributed by atoms with van der Waals surface area (Å²) < 4.78 is 1.78. The van der Waals surface area contributed by atoms with Crippen molar-refractivity contribution in [2.24, 2.45) is 7.05 Å². The molecule has 0 amide bonds. The van der Waals surface area contributed by atoms with Crippen LogP contribution in [0.15, 0.2) is 35.4 Å². The van der Waals surface area contributed by atoms with Gasteiger partial charge in [0.05, 0.1) is 5.52 Å². The van der Waals surface area contributed by atoms with Gasteiger partial charge < -0.3 is 4.98 Å². The average Bonchev–Trinajstić information content (AvgIpc) is 2.93. The van der Waals surface area contributed by atoms with E-state index in [1.165, 1.54) is 4.90 Å². The second-order valence-corrected chi connectivity index (χ2v) is 4.66. The summed E-state index contributed by atoms with van der Waals surface area (Å²) in [6.45, 7) is 0. The molecule has 1 aromatic carbocycles. The first kappa shape index (κ1) is 10.4. The summed E-state index contributed by atoms with van der Waals surface area (Å²) in [5.41, 5.74) is 2.94. The third kappa shape index (κ3) is 1.72. The lowest BCUT2D eigenvalue weighted by Gasteiger charge is -1.94. The van der Waals surface area contributed by atoms with Crippen molar-refractivity contribution in [2.75, 3.05) is 6.26 Å². The van der Waals surface area contributed by atoms with E-state index < -0.39 is 0 Å². The molecule has 0 atom stereocenters. The lowest BCUT2D eigenvalue weighted by molar-refractivity contribution is 0.769. The number of fused-ring (bicyclic) bond motifs is 1. The van der Waals surface area contributed by atoms with Gasteiger partial charge in [0.15, 0.2) is 5.82 Å². The van der Waals surface area contributed by atoms with Crippen LogP contribution in [0.5, 0.6) is 0 Å². The van der Waals surface area contributed by atoms with E-state index >= 15 is 0 Å². The lowest BCUT2D eigenvalue weighted by atomic mass is 10.3. The molecule has 0 fully saturated rings. The van der Waals surface area contributed by atoms with Gasteiger partial charge in [0.1, 0.15) is 11.2 Å². The quantitative estimate of drug-likeness (QED) is 0.705. The number of hydrogen-bond donors (Lipinski definition) is 1. The Hall–Kier alpha value is -1.75. The molecule has 5 heteroatoms. The number of aromatic amines is 1. The standard InChI is InChI=1S/C12H12N4S/c1-16-7-6-9(15-16)12-13-8-4-3-5-10(17-2)11(8)14-12/h3-7H,1-2H3,(H,13,14). The molecular formula is C12H12N4S. The van der Waals surface area contributed by atoms with E-state index in [0.717, 1.165) is 22.6 Å². The van der Waals surface area contributed by atoms with Crippen LogP contribution in [0.2, 0.25) is 0 Å². The van der Waals surface area contributed by atoms with Crippen LogP contribution >= 0.6 is 11.8 Å². The zero-order valence-electron chi connectivity index (χ0n) is 9.64. The predicted octanol–water partition coefficient (Wildman–Crippen LogP) is 2.69. The third-order valence-electron chi connectivity index (χ3n) is 2.65. The number of hydrogen-bond acceptors (Lipinski definition) is 3. The molecule has 3 rings (SSSR count). The fourth-order valence-electron chi connectivity index (χ4n) is 1.83. The Morgan fingerprint density at radius 3 is 2.88 bits per heavy atom. The van der Waals surface area contributed by atoms with E-state index in [-0.39, 0.29) is 0 Å². The Morgan fingerprint density at radius 2 is 2.18 bits per heavy atom. The van der Waals surface area contributed by atoms with Gasteiger partial charge in [-0.3, -0.25) is 4.68 Å². The van der Waals surface area contributed by atoms with E-state index in [4.69, 9.17) is 0 Å². The second kappa shape index (κ2) is 3.92. The molecular weight excluding hydrogens is 232 g/mol. The minimum atomic E-state index is 0.821. The van der Waals surface area contributed by atoms with Gasteiger partial charge in [0.2, 0.25) is 0 Å². The maximum atomic E-state index is 4.61. The van der Waals surface area contributed by atoms with Crippen molar-refractivity contribution < 1.29 is 0 Å². The molecule has 0 aliphatic carbocycles. The minimum Gasteiger partial charge on any atom is -0.337 e. The number of aromatic nitrogens is 4. The smallest absolute Gasteiger partial charge is 0.159 e. The molecule has 2 heterocycles. The number of thioether (sulfide) groups is 1. The SMILES string of the molecule is CSc1cccc2[nH]c(-c3ccn(C)n3)nc12. The fraction of sp³-hybridized carbons (Fsp3) is 0.167. The molecule has 0 unspecified atom stereocenters. The van der Waals surface area contributed by atoms with Crippen molar-refractivity contribution in [1.82, 2.24) is 19.7 Å². The van der Waals surface area contributed by atoms with E-state index in [9.17, 15) is 0 Å². The van der Waals surface area contributed by atoms with Gasteiger partial charge in [-0.25, -0.2) is 4.98 Å². The van der Waals surface area contributed by atoms with Crippen molar-refractivity contribution in [3.8, 4) is 11.5 Å². The second-order valence-electron chi connectivity index (χ2n) is 3.82. The zero-order chi connectivity index (χ0) is 11.8. The molecule has 17 heavy (non-hydrogen) atoms. The highest BCUT2D eigenvalue weighted by Gasteiger charge is 2.09. The Morgan fingerprint density at radius 1 is 1.29 bits per heavy atom. The Bertz CT molecular complexity index is 668. The largest absolute Gasteiger partial charge is 0.337 e. The maximum absolute atomic E-state index is 4.61. The van der Waals surface area contributed by atoms with Gasteiger partial charge in [-0.05, 0) is 24.5 Å². The third-order valence-corrected chi connectivity index (χ3v) is 3.42. The van der Waals surface area contributed by atoms with Crippen LogP contribution in [0.4, 0.5) is 0 Å². The minimum absolute atomic E-state index is 0.821. The molecule has 3 aromatic rings. The Labute approximate surface area is 103 Å². The summed E-state index contributed by atoms with van der Waals surface area (Å²) in [5.74, 6) is 0.821. The van der Waals surface area contributed by atoms with Crippen LogP contribution in [0.1, 0.15) is 0 Å². The van der Waals surface area contributed by atoms with Crippen molar-refractivity contribution in [1.29, 1.82) is 0 Å². The summed E-state index contributed by atoms with van der Waals surface area (Å²) in [6, 6.07) is 8.11. The lowest BCUT2D eigenvalue weighted by Crippen LogP contribution is -1.88. The number of benzene rings is 1. The van der Waals surface area contributed by atoms with Crippen molar-refractivity contribution >= 4 is 22.8 Å². The van der Waals surface area contributed by atoms with E-state index in [2.05, 4.69) is 27.4 Å². The molecule has 1 N–H and O–H groups in total. The molecule has 0 bridgehead atoms. The van der Waals surface area contributed by atoms with Crippen molar-refractivity contribution in [3.63, 3.8) is 0 Å². The molecule has 4 nitrogen and oxygen atoms in total. The molecule has 0 saturated carbocycles. The number of H-pyrrole nitrogens is 1. The van der Waals surface area contributed by atoms with Crippen LogP contribution in [0, 0.1) is 0 Å². The van der Waals surface area contributed by atoms with Gasteiger partial charge in [-0.2, -0.15) is 5.10 Å². The van der Waals surface area contributed by atoms with E-state index in [0.29, 0.717) is 0 Å². The number of nitrogens with one attached hydrogen (secondary N) is 1. The molecule has 0 aliphatic rings. The molecule has 0 aliphatic heterocycles. The maximum Gasteiger partial charge on any atom is 0.159 e. The number of para-hydroxylation sites is 1. The van der Waals surface area contributed by atoms with E-state index in [1.807, 2.05) is 31.4 Å². The highest BCUT2D eigenvalue weighted by molar-refractivity contribution is 7.98. The molecule has 2 aromatic heterocycles. The summed E-state index contributed by atoms with van der Waals surface area (Å²) in [6.07, 6.45) is 3.97. The number of nitrogens with zero attached hydrogens (tertiary/aromatic N) is 3.